The van der Waals surface area contributed by atoms with Crippen molar-refractivity contribution in [3.05, 3.63) is 35.4 Å². The number of hydrogen-bond acceptors (Lipinski definition) is 3. The third-order valence-corrected chi connectivity index (χ3v) is 3.29. The summed E-state index contributed by atoms with van der Waals surface area (Å²) in [7, 11) is 1.44. The van der Waals surface area contributed by atoms with Gasteiger partial charge in [0.15, 0.2) is 0 Å². The first-order valence-electron chi connectivity index (χ1n) is 6.15. The summed E-state index contributed by atoms with van der Waals surface area (Å²) < 4.78 is 4.64. The minimum absolute atomic E-state index is 0.109. The highest BCUT2D eigenvalue weighted by Gasteiger charge is 2.15. The van der Waals surface area contributed by atoms with E-state index in [1.807, 2.05) is 0 Å². The van der Waals surface area contributed by atoms with Crippen LogP contribution in [0, 0.1) is 0 Å². The van der Waals surface area contributed by atoms with Crippen LogP contribution in [0.1, 0.15) is 24.0 Å². The Hall–Kier alpha value is -1.35. The van der Waals surface area contributed by atoms with Gasteiger partial charge in [-0.15, -0.1) is 0 Å². The molecule has 0 aliphatic carbocycles. The molecule has 1 aliphatic heterocycles. The van der Waals surface area contributed by atoms with Crippen LogP contribution in [0.4, 0.5) is 0 Å². The average Bonchev–Trinajstić information content (AvgIpc) is 2.38. The number of methoxy groups -OCH3 is 1. The highest BCUT2D eigenvalue weighted by molar-refractivity contribution is 5.69. The van der Waals surface area contributed by atoms with Crippen molar-refractivity contribution in [3.8, 4) is 0 Å². The Kier molecular flexibility index (Phi) is 4.15. The second-order valence-electron chi connectivity index (χ2n) is 4.47. The van der Waals surface area contributed by atoms with Crippen molar-refractivity contribution in [1.29, 1.82) is 0 Å². The first-order chi connectivity index (χ1) is 8.29. The van der Waals surface area contributed by atoms with E-state index in [2.05, 4.69) is 33.9 Å². The molecule has 0 radical (unpaired) electrons. The van der Waals surface area contributed by atoms with Gasteiger partial charge in [0.05, 0.1) is 7.11 Å². The van der Waals surface area contributed by atoms with Crippen LogP contribution in [0.3, 0.4) is 0 Å². The number of esters is 1. The number of rotatable bonds is 4. The Morgan fingerprint density at radius 2 is 2.12 bits per heavy atom. The molecule has 0 saturated heterocycles. The lowest BCUT2D eigenvalue weighted by Crippen LogP contribution is -2.31. The van der Waals surface area contributed by atoms with Crippen molar-refractivity contribution in [2.75, 3.05) is 20.2 Å². The largest absolute Gasteiger partial charge is 0.469 e. The van der Waals surface area contributed by atoms with Gasteiger partial charge in [-0.05, 0) is 30.5 Å². The van der Waals surface area contributed by atoms with E-state index in [1.54, 1.807) is 0 Å². The number of carbonyl (C=O) groups excluding carboxylic acids is 1. The van der Waals surface area contributed by atoms with Gasteiger partial charge in [0, 0.05) is 19.5 Å². The lowest BCUT2D eigenvalue weighted by molar-refractivity contribution is -0.140. The van der Waals surface area contributed by atoms with Crippen LogP contribution in [-0.2, 0) is 22.5 Å². The van der Waals surface area contributed by atoms with Gasteiger partial charge in [0.2, 0.25) is 0 Å². The van der Waals surface area contributed by atoms with Crippen LogP contribution in [0.2, 0.25) is 0 Å². The monoisotopic (exact) mass is 233 g/mol. The Balaban J connectivity index is 1.80. The summed E-state index contributed by atoms with van der Waals surface area (Å²) in [5.41, 5.74) is 2.90. The zero-order chi connectivity index (χ0) is 12.1. The molecular weight excluding hydrogens is 214 g/mol. The highest BCUT2D eigenvalue weighted by atomic mass is 16.5. The number of carbonyl (C=O) groups is 1. The Morgan fingerprint density at radius 3 is 2.88 bits per heavy atom. The molecule has 0 unspecified atom stereocenters. The molecule has 0 spiro atoms. The minimum Gasteiger partial charge on any atom is -0.469 e. The van der Waals surface area contributed by atoms with E-state index in [-0.39, 0.29) is 5.97 Å². The lowest BCUT2D eigenvalue weighted by atomic mass is 10.00. The number of nitrogens with zero attached hydrogens (tertiary/aromatic N) is 1. The summed E-state index contributed by atoms with van der Waals surface area (Å²) in [5.74, 6) is -0.109. The van der Waals surface area contributed by atoms with Gasteiger partial charge in [-0.2, -0.15) is 0 Å². The van der Waals surface area contributed by atoms with Crippen LogP contribution in [-0.4, -0.2) is 31.1 Å². The van der Waals surface area contributed by atoms with Crippen molar-refractivity contribution in [2.24, 2.45) is 0 Å². The van der Waals surface area contributed by atoms with E-state index >= 15 is 0 Å². The van der Waals surface area contributed by atoms with Gasteiger partial charge >= 0.3 is 5.97 Å². The molecule has 0 fully saturated rings. The lowest BCUT2D eigenvalue weighted by Gasteiger charge is -2.28. The van der Waals surface area contributed by atoms with Crippen molar-refractivity contribution < 1.29 is 9.53 Å². The fourth-order valence-electron chi connectivity index (χ4n) is 2.29. The molecule has 92 valence electrons. The van der Waals surface area contributed by atoms with Gasteiger partial charge in [-0.25, -0.2) is 0 Å². The fraction of sp³-hybridized carbons (Fsp3) is 0.500. The molecule has 1 heterocycles. The SMILES string of the molecule is COC(=O)CCCN1CCc2ccccc2C1. The zero-order valence-electron chi connectivity index (χ0n) is 10.3. The predicted octanol–water partition coefficient (Wildman–Crippen LogP) is 2.00. The normalized spacial score (nSPS) is 15.4. The molecular formula is C14H19NO2. The maximum atomic E-state index is 11.0. The third kappa shape index (κ3) is 3.30. The summed E-state index contributed by atoms with van der Waals surface area (Å²) in [6.07, 6.45) is 2.53. The summed E-state index contributed by atoms with van der Waals surface area (Å²) in [5, 5.41) is 0. The Morgan fingerprint density at radius 1 is 1.35 bits per heavy atom. The quantitative estimate of drug-likeness (QED) is 0.745. The molecule has 0 aromatic heterocycles. The smallest absolute Gasteiger partial charge is 0.305 e. The molecule has 2 rings (SSSR count). The second-order valence-corrected chi connectivity index (χ2v) is 4.47. The molecule has 0 atom stereocenters. The van der Waals surface area contributed by atoms with E-state index in [9.17, 15) is 4.79 Å². The molecule has 3 nitrogen and oxygen atoms in total. The molecule has 3 heteroatoms. The molecule has 1 aromatic carbocycles. The molecule has 17 heavy (non-hydrogen) atoms. The van der Waals surface area contributed by atoms with E-state index in [4.69, 9.17) is 0 Å². The van der Waals surface area contributed by atoms with Crippen molar-refractivity contribution >= 4 is 5.97 Å². The van der Waals surface area contributed by atoms with Crippen molar-refractivity contribution in [3.63, 3.8) is 0 Å². The first-order valence-corrected chi connectivity index (χ1v) is 6.15. The van der Waals surface area contributed by atoms with Gasteiger partial charge in [-0.1, -0.05) is 24.3 Å². The molecule has 0 N–H and O–H groups in total. The zero-order valence-corrected chi connectivity index (χ0v) is 10.3. The van der Waals surface area contributed by atoms with E-state index < -0.39 is 0 Å². The van der Waals surface area contributed by atoms with Crippen molar-refractivity contribution in [2.45, 2.75) is 25.8 Å². The highest BCUT2D eigenvalue weighted by Crippen LogP contribution is 2.18. The van der Waals surface area contributed by atoms with Gasteiger partial charge in [-0.3, -0.25) is 9.69 Å². The van der Waals surface area contributed by atoms with E-state index in [1.165, 1.54) is 18.2 Å². The molecule has 0 amide bonds. The number of ether oxygens (including phenoxy) is 1. The van der Waals surface area contributed by atoms with Crippen LogP contribution in [0.25, 0.3) is 0 Å². The topological polar surface area (TPSA) is 29.5 Å². The number of hydrogen-bond donors (Lipinski definition) is 0. The molecule has 0 saturated carbocycles. The van der Waals surface area contributed by atoms with Crippen LogP contribution >= 0.6 is 0 Å². The first kappa shape index (κ1) is 12.1. The van der Waals surface area contributed by atoms with E-state index in [0.717, 1.165) is 32.5 Å². The Labute approximate surface area is 102 Å². The maximum absolute atomic E-state index is 11.0. The standard InChI is InChI=1S/C14H19NO2/c1-17-14(16)7-4-9-15-10-8-12-5-2-3-6-13(12)11-15/h2-3,5-6H,4,7-11H2,1H3. The maximum Gasteiger partial charge on any atom is 0.305 e. The predicted molar refractivity (Wildman–Crippen MR) is 66.7 cm³/mol. The summed E-state index contributed by atoms with van der Waals surface area (Å²) >= 11 is 0. The number of fused-ring (bicyclic) bond motifs is 1. The number of benzene rings is 1. The fourth-order valence-corrected chi connectivity index (χ4v) is 2.29. The summed E-state index contributed by atoms with van der Waals surface area (Å²) in [4.78, 5) is 13.4. The molecule has 1 aromatic rings. The van der Waals surface area contributed by atoms with Gasteiger partial charge < -0.3 is 4.74 Å². The van der Waals surface area contributed by atoms with Gasteiger partial charge in [0.1, 0.15) is 0 Å². The van der Waals surface area contributed by atoms with E-state index in [0.29, 0.717) is 6.42 Å². The Bertz CT molecular complexity index is 390. The van der Waals surface area contributed by atoms with Crippen LogP contribution in [0.15, 0.2) is 24.3 Å². The molecule has 1 aliphatic rings. The second kappa shape index (κ2) is 5.82. The molecule has 0 bridgehead atoms. The minimum atomic E-state index is -0.109. The third-order valence-electron chi connectivity index (χ3n) is 3.29. The average molecular weight is 233 g/mol. The van der Waals surface area contributed by atoms with Crippen LogP contribution in [0.5, 0.6) is 0 Å². The summed E-state index contributed by atoms with van der Waals surface area (Å²) in [6, 6.07) is 8.60. The summed E-state index contributed by atoms with van der Waals surface area (Å²) in [6.45, 7) is 3.08. The van der Waals surface area contributed by atoms with Crippen molar-refractivity contribution in [1.82, 2.24) is 4.90 Å². The van der Waals surface area contributed by atoms with Crippen LogP contribution < -0.4 is 0 Å². The van der Waals surface area contributed by atoms with Gasteiger partial charge in [0.25, 0.3) is 0 Å².